The predicted octanol–water partition coefficient (Wildman–Crippen LogP) is 3.07. The normalized spacial score (nSPS) is 14.0. The van der Waals surface area contributed by atoms with Gasteiger partial charge in [0.2, 0.25) is 0 Å². The largest absolute Gasteiger partial charge is 0.337 e. The van der Waals surface area contributed by atoms with Crippen molar-refractivity contribution in [3.8, 4) is 0 Å². The van der Waals surface area contributed by atoms with Gasteiger partial charge in [0, 0.05) is 25.7 Å². The number of carbonyl (C=O) groups excluding carboxylic acids is 1. The Labute approximate surface area is 129 Å². The number of nitrogens with zero attached hydrogens (tertiary/aromatic N) is 3. The lowest BCUT2D eigenvalue weighted by molar-refractivity contribution is 0.0782. The molecule has 1 heterocycles. The van der Waals surface area contributed by atoms with Gasteiger partial charge in [-0.3, -0.25) is 4.79 Å². The second-order valence-corrected chi connectivity index (χ2v) is 5.83. The zero-order chi connectivity index (χ0) is 15.7. The van der Waals surface area contributed by atoms with E-state index in [2.05, 4.69) is 9.97 Å². The third-order valence-corrected chi connectivity index (χ3v) is 4.00. The molecule has 1 saturated carbocycles. The lowest BCUT2D eigenvalue weighted by Crippen LogP contribution is -2.28. The molecule has 2 aromatic rings. The second kappa shape index (κ2) is 5.83. The molecule has 0 radical (unpaired) electrons. The van der Waals surface area contributed by atoms with Crippen LogP contribution >= 0.6 is 0 Å². The number of halogens is 1. The molecule has 0 N–H and O–H groups in total. The Hall–Kier alpha value is -2.30. The number of amides is 1. The molecule has 1 amide bonds. The van der Waals surface area contributed by atoms with Crippen LogP contribution < -0.4 is 0 Å². The highest BCUT2D eigenvalue weighted by molar-refractivity contribution is 5.95. The summed E-state index contributed by atoms with van der Waals surface area (Å²) in [6.45, 7) is 2.28. The molecule has 1 aliphatic rings. The van der Waals surface area contributed by atoms with Gasteiger partial charge in [-0.15, -0.1) is 0 Å². The van der Waals surface area contributed by atoms with Crippen molar-refractivity contribution in [3.63, 3.8) is 0 Å². The number of aromatic nitrogens is 2. The highest BCUT2D eigenvalue weighted by Gasteiger charge is 2.30. The zero-order valence-corrected chi connectivity index (χ0v) is 12.7. The van der Waals surface area contributed by atoms with Crippen molar-refractivity contribution in [3.05, 3.63) is 58.9 Å². The van der Waals surface area contributed by atoms with Crippen LogP contribution in [0.15, 0.2) is 30.7 Å². The lowest BCUT2D eigenvalue weighted by atomic mass is 10.1. The highest BCUT2D eigenvalue weighted by Crippen LogP contribution is 2.40. The van der Waals surface area contributed by atoms with Gasteiger partial charge in [-0.2, -0.15) is 0 Å². The SMILES string of the molecule is Cc1cc(F)ccc1CN(C)C(=O)c1cncnc1C1CC1. The van der Waals surface area contributed by atoms with Crippen molar-refractivity contribution in [1.29, 1.82) is 0 Å². The van der Waals surface area contributed by atoms with Crippen molar-refractivity contribution < 1.29 is 9.18 Å². The standard InChI is InChI=1S/C17H18FN3O/c1-11-7-14(18)6-5-13(11)9-21(2)17(22)15-8-19-10-20-16(15)12-3-4-12/h5-8,10,12H,3-4,9H2,1-2H3. The first-order valence-electron chi connectivity index (χ1n) is 7.36. The minimum absolute atomic E-state index is 0.0915. The molecule has 0 spiro atoms. The maximum Gasteiger partial charge on any atom is 0.257 e. The van der Waals surface area contributed by atoms with E-state index < -0.39 is 0 Å². The highest BCUT2D eigenvalue weighted by atomic mass is 19.1. The minimum Gasteiger partial charge on any atom is -0.337 e. The second-order valence-electron chi connectivity index (χ2n) is 5.83. The molecule has 4 nitrogen and oxygen atoms in total. The van der Waals surface area contributed by atoms with E-state index in [4.69, 9.17) is 0 Å². The van der Waals surface area contributed by atoms with Crippen LogP contribution in [0.2, 0.25) is 0 Å². The maximum absolute atomic E-state index is 13.2. The Morgan fingerprint density at radius 1 is 1.41 bits per heavy atom. The van der Waals surface area contributed by atoms with E-state index in [1.165, 1.54) is 18.5 Å². The first-order valence-corrected chi connectivity index (χ1v) is 7.36. The van der Waals surface area contributed by atoms with Crippen LogP contribution in [-0.2, 0) is 6.54 Å². The van der Waals surface area contributed by atoms with Crippen molar-refractivity contribution in [1.82, 2.24) is 14.9 Å². The molecule has 0 saturated heterocycles. The molecular formula is C17H18FN3O. The molecule has 0 bridgehead atoms. The smallest absolute Gasteiger partial charge is 0.257 e. The van der Waals surface area contributed by atoms with E-state index in [0.717, 1.165) is 29.7 Å². The van der Waals surface area contributed by atoms with E-state index >= 15 is 0 Å². The van der Waals surface area contributed by atoms with Crippen LogP contribution in [0.3, 0.4) is 0 Å². The number of aryl methyl sites for hydroxylation is 1. The monoisotopic (exact) mass is 299 g/mol. The molecule has 1 aromatic carbocycles. The Bertz CT molecular complexity index is 713. The van der Waals surface area contributed by atoms with Crippen LogP contribution in [0, 0.1) is 12.7 Å². The average molecular weight is 299 g/mol. The van der Waals surface area contributed by atoms with E-state index in [0.29, 0.717) is 18.0 Å². The van der Waals surface area contributed by atoms with Gasteiger partial charge in [0.25, 0.3) is 5.91 Å². The van der Waals surface area contributed by atoms with Gasteiger partial charge < -0.3 is 4.90 Å². The van der Waals surface area contributed by atoms with Gasteiger partial charge in [0.1, 0.15) is 12.1 Å². The molecule has 1 fully saturated rings. The molecule has 5 heteroatoms. The Morgan fingerprint density at radius 3 is 2.86 bits per heavy atom. The number of hydrogen-bond acceptors (Lipinski definition) is 3. The number of hydrogen-bond donors (Lipinski definition) is 0. The molecule has 0 aliphatic heterocycles. The van der Waals surface area contributed by atoms with Crippen molar-refractivity contribution >= 4 is 5.91 Å². The number of carbonyl (C=O) groups is 1. The molecule has 1 aliphatic carbocycles. The maximum atomic E-state index is 13.2. The van der Waals surface area contributed by atoms with Crippen molar-refractivity contribution in [2.75, 3.05) is 7.05 Å². The summed E-state index contributed by atoms with van der Waals surface area (Å²) in [5.41, 5.74) is 3.20. The summed E-state index contributed by atoms with van der Waals surface area (Å²) < 4.78 is 13.2. The van der Waals surface area contributed by atoms with Crippen molar-refractivity contribution in [2.24, 2.45) is 0 Å². The van der Waals surface area contributed by atoms with Gasteiger partial charge in [-0.25, -0.2) is 14.4 Å². The Kier molecular flexibility index (Phi) is 3.88. The topological polar surface area (TPSA) is 46.1 Å². The molecular weight excluding hydrogens is 281 g/mol. The fraction of sp³-hybridized carbons (Fsp3) is 0.353. The molecule has 0 unspecified atom stereocenters. The zero-order valence-electron chi connectivity index (χ0n) is 12.7. The molecule has 114 valence electrons. The Balaban J connectivity index is 1.80. The third-order valence-electron chi connectivity index (χ3n) is 4.00. The van der Waals surface area contributed by atoms with Gasteiger partial charge in [0.15, 0.2) is 0 Å². The predicted molar refractivity (Wildman–Crippen MR) is 80.9 cm³/mol. The lowest BCUT2D eigenvalue weighted by Gasteiger charge is -2.19. The van der Waals surface area contributed by atoms with Crippen LogP contribution in [0.4, 0.5) is 4.39 Å². The number of benzene rings is 1. The van der Waals surface area contributed by atoms with Gasteiger partial charge in [0.05, 0.1) is 11.3 Å². The fourth-order valence-corrected chi connectivity index (χ4v) is 2.56. The van der Waals surface area contributed by atoms with Crippen LogP contribution in [0.25, 0.3) is 0 Å². The molecule has 3 rings (SSSR count). The summed E-state index contributed by atoms with van der Waals surface area (Å²) in [4.78, 5) is 22.5. The number of rotatable bonds is 4. The van der Waals surface area contributed by atoms with Crippen LogP contribution in [-0.4, -0.2) is 27.8 Å². The van der Waals surface area contributed by atoms with E-state index in [1.807, 2.05) is 6.92 Å². The average Bonchev–Trinajstić information content (AvgIpc) is 3.34. The fourth-order valence-electron chi connectivity index (χ4n) is 2.56. The van der Waals surface area contributed by atoms with E-state index in [-0.39, 0.29) is 11.7 Å². The molecule has 1 aromatic heterocycles. The third kappa shape index (κ3) is 2.98. The van der Waals surface area contributed by atoms with E-state index in [9.17, 15) is 9.18 Å². The Morgan fingerprint density at radius 2 is 2.18 bits per heavy atom. The first-order chi connectivity index (χ1) is 10.6. The van der Waals surface area contributed by atoms with Gasteiger partial charge in [-0.1, -0.05) is 6.07 Å². The summed E-state index contributed by atoms with van der Waals surface area (Å²) in [6, 6.07) is 4.62. The summed E-state index contributed by atoms with van der Waals surface area (Å²) in [7, 11) is 1.74. The summed E-state index contributed by atoms with van der Waals surface area (Å²) in [5, 5.41) is 0. The summed E-state index contributed by atoms with van der Waals surface area (Å²) in [5.74, 6) is 0.0387. The molecule has 0 atom stereocenters. The summed E-state index contributed by atoms with van der Waals surface area (Å²) in [6.07, 6.45) is 5.25. The van der Waals surface area contributed by atoms with Gasteiger partial charge in [-0.05, 0) is 43.0 Å². The van der Waals surface area contributed by atoms with Crippen LogP contribution in [0.1, 0.15) is 45.9 Å². The minimum atomic E-state index is -0.261. The van der Waals surface area contributed by atoms with E-state index in [1.54, 1.807) is 24.2 Å². The van der Waals surface area contributed by atoms with Gasteiger partial charge >= 0.3 is 0 Å². The van der Waals surface area contributed by atoms with Crippen molar-refractivity contribution in [2.45, 2.75) is 32.2 Å². The summed E-state index contributed by atoms with van der Waals surface area (Å²) >= 11 is 0. The molecule has 22 heavy (non-hydrogen) atoms. The quantitative estimate of drug-likeness (QED) is 0.871. The first kappa shape index (κ1) is 14.6. The van der Waals surface area contributed by atoms with Crippen LogP contribution in [0.5, 0.6) is 0 Å².